The van der Waals surface area contributed by atoms with Crippen LogP contribution in [-0.4, -0.2) is 11.1 Å². The number of nitriles is 1. The summed E-state index contributed by atoms with van der Waals surface area (Å²) in [6.07, 6.45) is 1.61. The molecular weight excluding hydrogens is 254 g/mol. The number of hydrogen-bond acceptors (Lipinski definition) is 5. The molecule has 0 amide bonds. The van der Waals surface area contributed by atoms with Gasteiger partial charge in [-0.25, -0.2) is 4.98 Å². The zero-order valence-corrected chi connectivity index (χ0v) is 11.3. The van der Waals surface area contributed by atoms with Crippen molar-refractivity contribution in [3.8, 4) is 23.4 Å². The van der Waals surface area contributed by atoms with E-state index in [2.05, 4.69) is 4.98 Å². The van der Waals surface area contributed by atoms with Crippen molar-refractivity contribution in [1.29, 1.82) is 5.26 Å². The number of benzene rings is 1. The number of nitrogen functional groups attached to an aromatic ring is 1. The van der Waals surface area contributed by atoms with Gasteiger partial charge in [0.1, 0.15) is 11.8 Å². The third-order valence-corrected chi connectivity index (χ3v) is 2.43. The molecule has 20 heavy (non-hydrogen) atoms. The summed E-state index contributed by atoms with van der Waals surface area (Å²) in [5.41, 5.74) is 6.51. The third-order valence-electron chi connectivity index (χ3n) is 2.43. The first kappa shape index (κ1) is 13.7. The highest BCUT2D eigenvalue weighted by Gasteiger charge is 2.11. The fourth-order valence-corrected chi connectivity index (χ4v) is 1.62. The first-order valence-corrected chi connectivity index (χ1v) is 6.19. The largest absolute Gasteiger partial charge is 0.485 e. The van der Waals surface area contributed by atoms with E-state index in [1.165, 1.54) is 0 Å². The Morgan fingerprint density at radius 2 is 2.05 bits per heavy atom. The summed E-state index contributed by atoms with van der Waals surface area (Å²) in [6.45, 7) is 3.83. The molecule has 2 N–H and O–H groups in total. The van der Waals surface area contributed by atoms with Gasteiger partial charge in [0, 0.05) is 11.9 Å². The summed E-state index contributed by atoms with van der Waals surface area (Å²) in [6, 6.07) is 10.4. The van der Waals surface area contributed by atoms with E-state index in [1.54, 1.807) is 36.5 Å². The van der Waals surface area contributed by atoms with E-state index in [-0.39, 0.29) is 6.10 Å². The number of pyridine rings is 1. The van der Waals surface area contributed by atoms with E-state index < -0.39 is 0 Å². The van der Waals surface area contributed by atoms with Gasteiger partial charge in [0.15, 0.2) is 5.75 Å². The Morgan fingerprint density at radius 1 is 1.25 bits per heavy atom. The number of hydrogen-bond donors (Lipinski definition) is 1. The molecule has 1 aromatic heterocycles. The minimum atomic E-state index is 0.00315. The number of nitrogens with two attached hydrogens (primary N) is 1. The Bertz CT molecular complexity index is 648. The van der Waals surface area contributed by atoms with Crippen LogP contribution < -0.4 is 15.2 Å². The van der Waals surface area contributed by atoms with Crippen molar-refractivity contribution in [1.82, 2.24) is 4.98 Å². The molecule has 0 fully saturated rings. The van der Waals surface area contributed by atoms with Gasteiger partial charge in [0.25, 0.3) is 5.88 Å². The van der Waals surface area contributed by atoms with Crippen molar-refractivity contribution in [2.45, 2.75) is 20.0 Å². The summed E-state index contributed by atoms with van der Waals surface area (Å²) in [4.78, 5) is 4.14. The first-order chi connectivity index (χ1) is 9.60. The van der Waals surface area contributed by atoms with Crippen LogP contribution in [0.15, 0.2) is 36.5 Å². The fourth-order valence-electron chi connectivity index (χ4n) is 1.62. The average Bonchev–Trinajstić information content (AvgIpc) is 2.42. The Hall–Kier alpha value is -2.74. The van der Waals surface area contributed by atoms with Crippen molar-refractivity contribution in [3.63, 3.8) is 0 Å². The van der Waals surface area contributed by atoms with E-state index in [0.29, 0.717) is 28.6 Å². The second-order valence-electron chi connectivity index (χ2n) is 4.44. The van der Waals surface area contributed by atoms with Gasteiger partial charge in [-0.3, -0.25) is 0 Å². The molecule has 0 spiro atoms. The van der Waals surface area contributed by atoms with Crippen LogP contribution in [0.1, 0.15) is 19.4 Å². The summed E-state index contributed by atoms with van der Waals surface area (Å²) in [7, 11) is 0. The Labute approximate surface area is 117 Å². The van der Waals surface area contributed by atoms with E-state index in [9.17, 15) is 0 Å². The summed E-state index contributed by atoms with van der Waals surface area (Å²) in [5.74, 6) is 1.25. The van der Waals surface area contributed by atoms with Crippen molar-refractivity contribution >= 4 is 5.69 Å². The van der Waals surface area contributed by atoms with Gasteiger partial charge >= 0.3 is 0 Å². The molecule has 0 aliphatic carbocycles. The molecule has 0 aliphatic rings. The van der Waals surface area contributed by atoms with Crippen LogP contribution >= 0.6 is 0 Å². The zero-order valence-electron chi connectivity index (χ0n) is 11.3. The molecule has 102 valence electrons. The van der Waals surface area contributed by atoms with Crippen molar-refractivity contribution < 1.29 is 9.47 Å². The number of anilines is 1. The maximum absolute atomic E-state index is 9.10. The van der Waals surface area contributed by atoms with Crippen molar-refractivity contribution in [2.24, 2.45) is 0 Å². The molecular formula is C15H15N3O2. The molecule has 5 heteroatoms. The van der Waals surface area contributed by atoms with Gasteiger partial charge in [-0.05, 0) is 44.2 Å². The van der Waals surface area contributed by atoms with E-state index in [1.807, 2.05) is 19.9 Å². The smallest absolute Gasteiger partial charge is 0.262 e. The van der Waals surface area contributed by atoms with Gasteiger partial charge in [-0.15, -0.1) is 0 Å². The van der Waals surface area contributed by atoms with E-state index in [0.717, 1.165) is 0 Å². The van der Waals surface area contributed by atoms with Crippen molar-refractivity contribution in [3.05, 3.63) is 42.1 Å². The van der Waals surface area contributed by atoms with E-state index in [4.69, 9.17) is 20.5 Å². The fraction of sp³-hybridized carbons (Fsp3) is 0.200. The molecule has 0 saturated heterocycles. The predicted molar refractivity (Wildman–Crippen MR) is 75.6 cm³/mol. The maximum Gasteiger partial charge on any atom is 0.262 e. The van der Waals surface area contributed by atoms with Gasteiger partial charge in [0.05, 0.1) is 11.7 Å². The Morgan fingerprint density at radius 3 is 2.75 bits per heavy atom. The van der Waals surface area contributed by atoms with Crippen LogP contribution in [-0.2, 0) is 0 Å². The lowest BCUT2D eigenvalue weighted by atomic mass is 10.2. The minimum Gasteiger partial charge on any atom is -0.485 e. The number of nitrogens with zero attached hydrogens (tertiary/aromatic N) is 2. The van der Waals surface area contributed by atoms with Gasteiger partial charge < -0.3 is 15.2 Å². The average molecular weight is 269 g/mol. The summed E-state index contributed by atoms with van der Waals surface area (Å²) >= 11 is 0. The quantitative estimate of drug-likeness (QED) is 0.862. The lowest BCUT2D eigenvalue weighted by Gasteiger charge is -2.14. The van der Waals surface area contributed by atoms with Crippen LogP contribution in [0.25, 0.3) is 0 Å². The molecule has 0 aliphatic heterocycles. The van der Waals surface area contributed by atoms with Crippen LogP contribution in [0.4, 0.5) is 5.69 Å². The Kier molecular flexibility index (Phi) is 4.06. The Balaban J connectivity index is 2.33. The van der Waals surface area contributed by atoms with Gasteiger partial charge in [-0.2, -0.15) is 5.26 Å². The number of rotatable bonds is 4. The molecule has 1 aromatic carbocycles. The number of aromatic nitrogens is 1. The molecule has 0 unspecified atom stereocenters. The van der Waals surface area contributed by atoms with Crippen LogP contribution in [0, 0.1) is 11.3 Å². The predicted octanol–water partition coefficient (Wildman–Crippen LogP) is 3.11. The summed E-state index contributed by atoms with van der Waals surface area (Å²) < 4.78 is 11.3. The monoisotopic (exact) mass is 269 g/mol. The first-order valence-electron chi connectivity index (χ1n) is 6.19. The molecule has 0 radical (unpaired) electrons. The lowest BCUT2D eigenvalue weighted by Crippen LogP contribution is -2.07. The SMILES string of the molecule is CC(C)Oc1cccnc1Oc1ccc(N)cc1C#N. The molecule has 5 nitrogen and oxygen atoms in total. The highest BCUT2D eigenvalue weighted by Crippen LogP contribution is 2.31. The van der Waals surface area contributed by atoms with Crippen LogP contribution in [0.3, 0.4) is 0 Å². The zero-order chi connectivity index (χ0) is 14.5. The lowest BCUT2D eigenvalue weighted by molar-refractivity contribution is 0.231. The van der Waals surface area contributed by atoms with Gasteiger partial charge in [-0.1, -0.05) is 0 Å². The molecule has 0 bridgehead atoms. The normalized spacial score (nSPS) is 10.1. The number of ether oxygens (including phenoxy) is 2. The molecule has 2 rings (SSSR count). The van der Waals surface area contributed by atoms with Crippen LogP contribution in [0.5, 0.6) is 17.4 Å². The van der Waals surface area contributed by atoms with E-state index >= 15 is 0 Å². The highest BCUT2D eigenvalue weighted by atomic mass is 16.5. The summed E-state index contributed by atoms with van der Waals surface area (Å²) in [5, 5.41) is 9.10. The second-order valence-corrected chi connectivity index (χ2v) is 4.44. The molecule has 1 heterocycles. The molecule has 2 aromatic rings. The molecule has 0 saturated carbocycles. The standard InChI is InChI=1S/C15H15N3O2/c1-10(2)19-14-4-3-7-18-15(14)20-13-6-5-12(17)8-11(13)9-16/h3-8,10H,17H2,1-2H3. The third kappa shape index (κ3) is 3.18. The van der Waals surface area contributed by atoms with Crippen LogP contribution in [0.2, 0.25) is 0 Å². The van der Waals surface area contributed by atoms with Gasteiger partial charge in [0.2, 0.25) is 0 Å². The van der Waals surface area contributed by atoms with Crippen molar-refractivity contribution in [2.75, 3.05) is 5.73 Å². The topological polar surface area (TPSA) is 81.2 Å². The second kappa shape index (κ2) is 5.93. The molecule has 0 atom stereocenters. The highest BCUT2D eigenvalue weighted by molar-refractivity contribution is 5.54. The maximum atomic E-state index is 9.10. The minimum absolute atomic E-state index is 0.00315.